The maximum atomic E-state index is 12.3. The highest BCUT2D eigenvalue weighted by Crippen LogP contribution is 2.06. The van der Waals surface area contributed by atoms with E-state index in [1.165, 1.54) is 11.4 Å². The normalized spacial score (nSPS) is 15.3. The molecule has 8 heteroatoms. The number of nitrogens with one attached hydrogen (secondary N) is 1. The van der Waals surface area contributed by atoms with Crippen LogP contribution in [0.25, 0.3) is 0 Å². The number of benzene rings is 1. The highest BCUT2D eigenvalue weighted by atomic mass is 35.5. The summed E-state index contributed by atoms with van der Waals surface area (Å²) < 4.78 is 25.7. The molecular weight excluding hydrogens is 338 g/mol. The zero-order valence-corrected chi connectivity index (χ0v) is 14.9. The molecule has 1 fully saturated rings. The van der Waals surface area contributed by atoms with Crippen molar-refractivity contribution in [3.8, 4) is 0 Å². The van der Waals surface area contributed by atoms with E-state index in [0.717, 1.165) is 18.7 Å². The summed E-state index contributed by atoms with van der Waals surface area (Å²) >= 11 is 0. The quantitative estimate of drug-likeness (QED) is 0.793. The second kappa shape index (κ2) is 9.22. The molecule has 130 valence electrons. The predicted molar refractivity (Wildman–Crippen MR) is 93.3 cm³/mol. The van der Waals surface area contributed by atoms with Crippen molar-refractivity contribution in [3.63, 3.8) is 0 Å². The number of carbonyl (C=O) groups excluding carboxylic acids is 1. The molecule has 0 unspecified atom stereocenters. The van der Waals surface area contributed by atoms with Crippen LogP contribution in [0.15, 0.2) is 30.3 Å². The van der Waals surface area contributed by atoms with Gasteiger partial charge in [-0.05, 0) is 12.0 Å². The van der Waals surface area contributed by atoms with Crippen molar-refractivity contribution in [3.05, 3.63) is 35.9 Å². The van der Waals surface area contributed by atoms with E-state index >= 15 is 0 Å². The molecule has 0 bridgehead atoms. The van der Waals surface area contributed by atoms with Crippen molar-refractivity contribution in [2.75, 3.05) is 45.5 Å². The molecule has 1 N–H and O–H groups in total. The molecule has 0 saturated carbocycles. The van der Waals surface area contributed by atoms with Crippen molar-refractivity contribution in [1.29, 1.82) is 0 Å². The molecule has 0 radical (unpaired) electrons. The Morgan fingerprint density at radius 1 is 1.22 bits per heavy atom. The third kappa shape index (κ3) is 6.10. The van der Waals surface area contributed by atoms with Gasteiger partial charge in [0.05, 0.1) is 12.3 Å². The van der Waals surface area contributed by atoms with Crippen LogP contribution in [0, 0.1) is 0 Å². The maximum Gasteiger partial charge on any atom is 0.237 e. The van der Waals surface area contributed by atoms with Crippen LogP contribution in [0.1, 0.15) is 5.56 Å². The number of sulfonamides is 1. The van der Waals surface area contributed by atoms with Gasteiger partial charge in [0.15, 0.2) is 0 Å². The molecule has 23 heavy (non-hydrogen) atoms. The average molecular weight is 362 g/mol. The van der Waals surface area contributed by atoms with Gasteiger partial charge in [-0.15, -0.1) is 12.4 Å². The molecule has 1 amide bonds. The Morgan fingerprint density at radius 2 is 1.83 bits per heavy atom. The molecule has 1 saturated heterocycles. The van der Waals surface area contributed by atoms with Crippen molar-refractivity contribution in [2.24, 2.45) is 0 Å². The number of amides is 1. The number of carbonyl (C=O) groups is 1. The van der Waals surface area contributed by atoms with Crippen LogP contribution < -0.4 is 5.32 Å². The Balaban J connectivity index is 0.00000264. The molecule has 1 heterocycles. The third-order valence-electron chi connectivity index (χ3n) is 3.79. The van der Waals surface area contributed by atoms with Crippen LogP contribution in [-0.2, 0) is 21.2 Å². The fourth-order valence-corrected chi connectivity index (χ4v) is 3.46. The highest BCUT2D eigenvalue weighted by Gasteiger charge is 2.24. The fraction of sp³-hybridized carbons (Fsp3) is 0.533. The van der Waals surface area contributed by atoms with Gasteiger partial charge in [0.25, 0.3) is 0 Å². The molecule has 1 aromatic rings. The summed E-state index contributed by atoms with van der Waals surface area (Å²) in [6.45, 7) is 2.71. The number of rotatable bonds is 6. The maximum absolute atomic E-state index is 12.3. The van der Waals surface area contributed by atoms with Crippen molar-refractivity contribution >= 4 is 28.3 Å². The number of aryl methyl sites for hydroxylation is 1. The number of hydrogen-bond acceptors (Lipinski definition) is 4. The van der Waals surface area contributed by atoms with Gasteiger partial charge in [-0.2, -0.15) is 4.31 Å². The lowest BCUT2D eigenvalue weighted by atomic mass is 10.2. The molecule has 0 aliphatic carbocycles. The first kappa shape index (κ1) is 19.9. The minimum Gasteiger partial charge on any atom is -0.339 e. The van der Waals surface area contributed by atoms with Gasteiger partial charge in [-0.1, -0.05) is 30.3 Å². The zero-order chi connectivity index (χ0) is 16.0. The Bertz CT molecular complexity index is 589. The van der Waals surface area contributed by atoms with Gasteiger partial charge in [0.1, 0.15) is 0 Å². The largest absolute Gasteiger partial charge is 0.339 e. The Hall–Kier alpha value is -1.15. The van der Waals surface area contributed by atoms with Crippen molar-refractivity contribution in [1.82, 2.24) is 14.5 Å². The SMILES string of the molecule is CN(CC(=O)N1CCNCC1)S(=O)(=O)CCc1ccccc1.Cl. The number of likely N-dealkylation sites (N-methyl/N-ethyl adjacent to an activating group) is 1. The van der Waals surface area contributed by atoms with Gasteiger partial charge >= 0.3 is 0 Å². The molecule has 0 aromatic heterocycles. The first-order valence-electron chi connectivity index (χ1n) is 7.45. The number of hydrogen-bond donors (Lipinski definition) is 1. The molecule has 0 spiro atoms. The summed E-state index contributed by atoms with van der Waals surface area (Å²) in [4.78, 5) is 13.8. The van der Waals surface area contributed by atoms with E-state index in [-0.39, 0.29) is 30.6 Å². The summed E-state index contributed by atoms with van der Waals surface area (Å²) in [5.41, 5.74) is 0.980. The van der Waals surface area contributed by atoms with Crippen LogP contribution in [0.5, 0.6) is 0 Å². The van der Waals surface area contributed by atoms with E-state index in [9.17, 15) is 13.2 Å². The first-order chi connectivity index (χ1) is 10.5. The smallest absolute Gasteiger partial charge is 0.237 e. The van der Waals surface area contributed by atoms with Crippen molar-refractivity contribution < 1.29 is 13.2 Å². The minimum atomic E-state index is -3.42. The lowest BCUT2D eigenvalue weighted by Gasteiger charge is -2.29. The Kier molecular flexibility index (Phi) is 7.98. The van der Waals surface area contributed by atoms with Crippen LogP contribution in [0.2, 0.25) is 0 Å². The first-order valence-corrected chi connectivity index (χ1v) is 9.06. The van der Waals surface area contributed by atoms with Crippen LogP contribution in [-0.4, -0.2) is 69.1 Å². The minimum absolute atomic E-state index is 0. The Morgan fingerprint density at radius 3 is 2.43 bits per heavy atom. The van der Waals surface area contributed by atoms with Crippen LogP contribution >= 0.6 is 12.4 Å². The number of piperazine rings is 1. The summed E-state index contributed by atoms with van der Waals surface area (Å²) in [7, 11) is -1.95. The lowest BCUT2D eigenvalue weighted by molar-refractivity contribution is -0.131. The van der Waals surface area contributed by atoms with Crippen LogP contribution in [0.4, 0.5) is 0 Å². The standard InChI is InChI=1S/C15H23N3O3S.ClH/c1-17(13-15(19)18-10-8-16-9-11-18)22(20,21)12-7-14-5-3-2-4-6-14;/h2-6,16H,7-13H2,1H3;1H. The predicted octanol–water partition coefficient (Wildman–Crippen LogP) is 0.344. The van der Waals surface area contributed by atoms with Crippen LogP contribution in [0.3, 0.4) is 0 Å². The summed E-state index contributed by atoms with van der Waals surface area (Å²) in [5.74, 6) is -0.116. The van der Waals surface area contributed by atoms with Crippen molar-refractivity contribution in [2.45, 2.75) is 6.42 Å². The molecule has 2 rings (SSSR count). The van der Waals surface area contributed by atoms with E-state index in [4.69, 9.17) is 0 Å². The molecule has 0 atom stereocenters. The van der Waals surface area contributed by atoms with E-state index < -0.39 is 10.0 Å². The van der Waals surface area contributed by atoms with Gasteiger partial charge in [-0.3, -0.25) is 4.79 Å². The number of halogens is 1. The summed E-state index contributed by atoms with van der Waals surface area (Å²) in [6.07, 6.45) is 0.454. The fourth-order valence-electron chi connectivity index (χ4n) is 2.35. The average Bonchev–Trinajstić information content (AvgIpc) is 2.54. The van der Waals surface area contributed by atoms with E-state index in [0.29, 0.717) is 19.5 Å². The second-order valence-electron chi connectivity index (χ2n) is 5.44. The molecule has 1 aliphatic heterocycles. The zero-order valence-electron chi connectivity index (χ0n) is 13.3. The third-order valence-corrected chi connectivity index (χ3v) is 5.59. The second-order valence-corrected chi connectivity index (χ2v) is 7.63. The van der Waals surface area contributed by atoms with Gasteiger partial charge in [0, 0.05) is 33.2 Å². The van der Waals surface area contributed by atoms with E-state index in [1.807, 2.05) is 30.3 Å². The summed E-state index contributed by atoms with van der Waals surface area (Å²) in [6, 6.07) is 9.48. The summed E-state index contributed by atoms with van der Waals surface area (Å²) in [5, 5.41) is 3.17. The van der Waals surface area contributed by atoms with Gasteiger partial charge in [-0.25, -0.2) is 8.42 Å². The molecular formula is C15H24ClN3O3S. The van der Waals surface area contributed by atoms with Gasteiger partial charge in [0.2, 0.25) is 15.9 Å². The molecule has 1 aliphatic rings. The number of nitrogens with zero attached hydrogens (tertiary/aromatic N) is 2. The molecule has 6 nitrogen and oxygen atoms in total. The molecule has 1 aromatic carbocycles. The highest BCUT2D eigenvalue weighted by molar-refractivity contribution is 7.89. The lowest BCUT2D eigenvalue weighted by Crippen LogP contribution is -2.50. The Labute approximate surface area is 144 Å². The van der Waals surface area contributed by atoms with Gasteiger partial charge < -0.3 is 10.2 Å². The monoisotopic (exact) mass is 361 g/mol. The van der Waals surface area contributed by atoms with E-state index in [2.05, 4.69) is 5.32 Å². The van der Waals surface area contributed by atoms with E-state index in [1.54, 1.807) is 4.90 Å². The topological polar surface area (TPSA) is 69.7 Å².